The summed E-state index contributed by atoms with van der Waals surface area (Å²) in [6, 6.07) is 3.82. The van der Waals surface area contributed by atoms with Crippen molar-refractivity contribution in [3.05, 3.63) is 29.1 Å². The molecule has 2 heterocycles. The van der Waals surface area contributed by atoms with Gasteiger partial charge in [0, 0.05) is 6.54 Å². The summed E-state index contributed by atoms with van der Waals surface area (Å²) < 4.78 is 17.1. The van der Waals surface area contributed by atoms with E-state index in [2.05, 4.69) is 15.5 Å². The molecule has 0 spiro atoms. The van der Waals surface area contributed by atoms with Gasteiger partial charge < -0.3 is 19.3 Å². The fourth-order valence-electron chi connectivity index (χ4n) is 3.90. The molecule has 2 aromatic heterocycles. The highest BCUT2D eigenvalue weighted by molar-refractivity contribution is 5.67. The molecule has 0 unspecified atom stereocenters. The van der Waals surface area contributed by atoms with Gasteiger partial charge in [-0.2, -0.15) is 0 Å². The lowest BCUT2D eigenvalue weighted by atomic mass is 9.98. The molecule has 1 N–H and O–H groups in total. The highest BCUT2D eigenvalue weighted by Gasteiger charge is 2.22. The van der Waals surface area contributed by atoms with Crippen molar-refractivity contribution in [3.8, 4) is 17.2 Å². The fourth-order valence-corrected chi connectivity index (χ4v) is 3.90. The van der Waals surface area contributed by atoms with Crippen molar-refractivity contribution < 1.29 is 18.8 Å². The van der Waals surface area contributed by atoms with Gasteiger partial charge in [0.15, 0.2) is 5.76 Å². The van der Waals surface area contributed by atoms with Crippen LogP contribution in [0.1, 0.15) is 68.3 Å². The molecule has 0 aromatic carbocycles. The fraction of sp³-hybridized carbons (Fsp3) is 0.609. The van der Waals surface area contributed by atoms with Gasteiger partial charge in [0.2, 0.25) is 0 Å². The Labute approximate surface area is 177 Å². The molecule has 0 bridgehead atoms. The van der Waals surface area contributed by atoms with Crippen LogP contribution >= 0.6 is 0 Å². The van der Waals surface area contributed by atoms with Crippen molar-refractivity contribution in [2.45, 2.75) is 77.9 Å². The van der Waals surface area contributed by atoms with Gasteiger partial charge in [-0.25, -0.2) is 9.78 Å². The first-order valence-corrected chi connectivity index (χ1v) is 11.1. The molecule has 4 rings (SSSR count). The van der Waals surface area contributed by atoms with Crippen molar-refractivity contribution in [2.75, 3.05) is 6.54 Å². The summed E-state index contributed by atoms with van der Waals surface area (Å²) >= 11 is 0. The summed E-state index contributed by atoms with van der Waals surface area (Å²) in [5.41, 5.74) is 2.91. The topological polar surface area (TPSA) is 86.5 Å². The molecule has 30 heavy (non-hydrogen) atoms. The minimum Gasteiger partial charge on any atom is -0.489 e. The van der Waals surface area contributed by atoms with Crippen LogP contribution in [0.4, 0.5) is 4.79 Å². The third-order valence-corrected chi connectivity index (χ3v) is 5.97. The number of aryl methyl sites for hydroxylation is 2. The van der Waals surface area contributed by atoms with E-state index in [0.717, 1.165) is 42.2 Å². The zero-order valence-corrected chi connectivity index (χ0v) is 17.9. The molecule has 2 fully saturated rings. The summed E-state index contributed by atoms with van der Waals surface area (Å²) in [6.45, 7) is 4.53. The molecule has 2 aliphatic carbocycles. The van der Waals surface area contributed by atoms with Gasteiger partial charge in [-0.05, 0) is 64.0 Å². The summed E-state index contributed by atoms with van der Waals surface area (Å²) in [7, 11) is 0. The second kappa shape index (κ2) is 9.49. The second-order valence-electron chi connectivity index (χ2n) is 8.47. The number of ether oxygens (including phenoxy) is 2. The number of carbonyl (C=O) groups is 1. The maximum atomic E-state index is 12.0. The lowest BCUT2D eigenvalue weighted by Crippen LogP contribution is -2.25. The lowest BCUT2D eigenvalue weighted by Gasteiger charge is -2.23. The van der Waals surface area contributed by atoms with E-state index < -0.39 is 6.09 Å². The average molecular weight is 414 g/mol. The van der Waals surface area contributed by atoms with Gasteiger partial charge in [-0.15, -0.1) is 0 Å². The number of rotatable bonds is 8. The molecule has 0 aliphatic heterocycles. The smallest absolute Gasteiger partial charge is 0.407 e. The van der Waals surface area contributed by atoms with E-state index >= 15 is 0 Å². The van der Waals surface area contributed by atoms with Crippen molar-refractivity contribution in [1.29, 1.82) is 0 Å². The molecule has 7 heteroatoms. The molecule has 162 valence electrons. The Kier molecular flexibility index (Phi) is 6.55. The molecule has 2 aliphatic rings. The van der Waals surface area contributed by atoms with E-state index in [4.69, 9.17) is 14.0 Å². The number of amides is 1. The van der Waals surface area contributed by atoms with Crippen LogP contribution in [0.2, 0.25) is 0 Å². The zero-order chi connectivity index (χ0) is 20.9. The van der Waals surface area contributed by atoms with E-state index in [1.807, 2.05) is 26.0 Å². The van der Waals surface area contributed by atoms with Gasteiger partial charge in [-0.1, -0.05) is 24.4 Å². The number of carbonyl (C=O) groups excluding carboxylic acids is 1. The van der Waals surface area contributed by atoms with Gasteiger partial charge in [-0.3, -0.25) is 0 Å². The maximum Gasteiger partial charge on any atom is 0.407 e. The highest BCUT2D eigenvalue weighted by Crippen LogP contribution is 2.32. The van der Waals surface area contributed by atoms with Crippen LogP contribution in [0.5, 0.6) is 5.75 Å². The number of hydrogen-bond acceptors (Lipinski definition) is 6. The number of nitrogens with zero attached hydrogens (tertiary/aromatic N) is 2. The van der Waals surface area contributed by atoms with Crippen LogP contribution in [0.3, 0.4) is 0 Å². The minimum absolute atomic E-state index is 0.0982. The van der Waals surface area contributed by atoms with Gasteiger partial charge in [0.05, 0.1) is 23.1 Å². The van der Waals surface area contributed by atoms with Crippen LogP contribution in [0.25, 0.3) is 11.5 Å². The van der Waals surface area contributed by atoms with Crippen molar-refractivity contribution >= 4 is 6.09 Å². The average Bonchev–Trinajstić information content (AvgIpc) is 3.50. The molecular formula is C23H31N3O4. The van der Waals surface area contributed by atoms with Crippen LogP contribution in [0.15, 0.2) is 16.7 Å². The molecule has 7 nitrogen and oxygen atoms in total. The number of aromatic nitrogens is 2. The van der Waals surface area contributed by atoms with Crippen molar-refractivity contribution in [3.63, 3.8) is 0 Å². The predicted octanol–water partition coefficient (Wildman–Crippen LogP) is 5.09. The van der Waals surface area contributed by atoms with Crippen LogP contribution < -0.4 is 10.1 Å². The largest absolute Gasteiger partial charge is 0.489 e. The summed E-state index contributed by atoms with van der Waals surface area (Å²) in [6.07, 6.45) is 9.39. The van der Waals surface area contributed by atoms with E-state index in [1.54, 1.807) is 0 Å². The first-order chi connectivity index (χ1) is 14.6. The number of hydrogen-bond donors (Lipinski definition) is 1. The van der Waals surface area contributed by atoms with E-state index in [-0.39, 0.29) is 12.7 Å². The van der Waals surface area contributed by atoms with E-state index in [9.17, 15) is 4.79 Å². The number of nitrogens with one attached hydrogen (secondary N) is 1. The van der Waals surface area contributed by atoms with Crippen LogP contribution in [0, 0.1) is 19.8 Å². The van der Waals surface area contributed by atoms with Gasteiger partial charge in [0.25, 0.3) is 0 Å². The van der Waals surface area contributed by atoms with Crippen molar-refractivity contribution in [1.82, 2.24) is 15.5 Å². The Hall–Kier alpha value is -2.57. The van der Waals surface area contributed by atoms with E-state index in [0.29, 0.717) is 23.7 Å². The molecule has 2 aromatic rings. The first-order valence-electron chi connectivity index (χ1n) is 11.1. The predicted molar refractivity (Wildman–Crippen MR) is 112 cm³/mol. The van der Waals surface area contributed by atoms with Gasteiger partial charge >= 0.3 is 6.09 Å². The number of alkyl carbamates (subject to hydrolysis) is 1. The van der Waals surface area contributed by atoms with Crippen LogP contribution in [-0.4, -0.2) is 28.9 Å². The van der Waals surface area contributed by atoms with E-state index in [1.165, 1.54) is 32.1 Å². The standard InChI is InChI=1S/C23H31N3O4/c1-15-19(14-28-23(27)24-13-12-17-8-9-17)22(30-26-15)20-10-11-21(16(2)25-20)29-18-6-4-3-5-7-18/h10-11,17-18H,3-9,12-14H2,1-2H3,(H,24,27). The molecule has 2 saturated carbocycles. The Morgan fingerprint density at radius 1 is 1.13 bits per heavy atom. The zero-order valence-electron chi connectivity index (χ0n) is 17.9. The SMILES string of the molecule is Cc1nc(-c2onc(C)c2COC(=O)NCCC2CC2)ccc1OC1CCCCC1. The maximum absolute atomic E-state index is 12.0. The summed E-state index contributed by atoms with van der Waals surface area (Å²) in [5, 5.41) is 6.86. The molecule has 0 saturated heterocycles. The monoisotopic (exact) mass is 413 g/mol. The van der Waals surface area contributed by atoms with Crippen LogP contribution in [-0.2, 0) is 11.3 Å². The Balaban J connectivity index is 1.38. The second-order valence-corrected chi connectivity index (χ2v) is 8.47. The quantitative estimate of drug-likeness (QED) is 0.648. The third kappa shape index (κ3) is 5.32. The molecular weight excluding hydrogens is 382 g/mol. The Bertz CT molecular complexity index is 869. The number of pyridine rings is 1. The summed E-state index contributed by atoms with van der Waals surface area (Å²) in [4.78, 5) is 16.6. The minimum atomic E-state index is -0.414. The summed E-state index contributed by atoms with van der Waals surface area (Å²) in [5.74, 6) is 2.12. The molecule has 0 radical (unpaired) electrons. The molecule has 0 atom stereocenters. The highest BCUT2D eigenvalue weighted by atomic mass is 16.5. The van der Waals surface area contributed by atoms with Gasteiger partial charge in [0.1, 0.15) is 18.1 Å². The lowest BCUT2D eigenvalue weighted by molar-refractivity contribution is 0.139. The Morgan fingerprint density at radius 2 is 1.93 bits per heavy atom. The third-order valence-electron chi connectivity index (χ3n) is 5.97. The van der Waals surface area contributed by atoms with Crippen molar-refractivity contribution in [2.24, 2.45) is 5.92 Å². The molecule has 1 amide bonds. The first kappa shape index (κ1) is 20.7. The Morgan fingerprint density at radius 3 is 2.67 bits per heavy atom. The normalized spacial score (nSPS) is 17.0.